The summed E-state index contributed by atoms with van der Waals surface area (Å²) in [5, 5.41) is 1.02. The highest BCUT2D eigenvalue weighted by Crippen LogP contribution is 2.33. The average Bonchev–Trinajstić information content (AvgIpc) is 2.93. The molecule has 3 rings (SSSR count). The molecule has 1 N–H and O–H groups in total. The number of H-pyrrole nitrogens is 1. The molecular weight excluding hydrogens is 319 g/mol. The molecule has 0 saturated carbocycles. The number of carbonyl (C=O) groups is 1. The Balaban J connectivity index is 1.87. The van der Waals surface area contributed by atoms with Crippen LogP contribution in [0.15, 0.2) is 24.4 Å². The van der Waals surface area contributed by atoms with Crippen molar-refractivity contribution in [3.8, 4) is 0 Å². The van der Waals surface area contributed by atoms with Gasteiger partial charge in [-0.3, -0.25) is 0 Å². The Bertz CT molecular complexity index is 845. The van der Waals surface area contributed by atoms with E-state index in [2.05, 4.69) is 11.1 Å². The van der Waals surface area contributed by atoms with Crippen LogP contribution in [0.25, 0.3) is 16.5 Å². The van der Waals surface area contributed by atoms with Gasteiger partial charge in [-0.15, -0.1) is 0 Å². The van der Waals surface area contributed by atoms with E-state index in [-0.39, 0.29) is 18.0 Å². The van der Waals surface area contributed by atoms with Crippen molar-refractivity contribution in [1.82, 2.24) is 9.88 Å². The predicted molar refractivity (Wildman–Crippen MR) is 98.0 cm³/mol. The topological polar surface area (TPSA) is 45.3 Å². The quantitative estimate of drug-likeness (QED) is 0.789. The first kappa shape index (κ1) is 17.5. The zero-order chi connectivity index (χ0) is 18.4. The molecule has 0 radical (unpaired) electrons. The fraction of sp³-hybridized carbons (Fsp3) is 0.450. The zero-order valence-corrected chi connectivity index (χ0v) is 15.4. The molecule has 4 nitrogen and oxygen atoms in total. The van der Waals surface area contributed by atoms with Crippen LogP contribution in [-0.4, -0.2) is 34.2 Å². The Kier molecular flexibility index (Phi) is 4.35. The van der Waals surface area contributed by atoms with Crippen LogP contribution < -0.4 is 0 Å². The van der Waals surface area contributed by atoms with Gasteiger partial charge in [0.25, 0.3) is 0 Å². The van der Waals surface area contributed by atoms with Crippen molar-refractivity contribution in [2.75, 3.05) is 6.54 Å². The number of halogens is 1. The number of ether oxygens (including phenoxy) is 1. The van der Waals surface area contributed by atoms with E-state index in [4.69, 9.17) is 4.74 Å². The SMILES string of the molecule is Cc1c(F)ccc2c(C3=CCN(C(=O)OC(C)(C)C)C(C)C3)c[nH]c12. The number of hydrogen-bond donors (Lipinski definition) is 1. The van der Waals surface area contributed by atoms with Crippen LogP contribution in [0.4, 0.5) is 9.18 Å². The summed E-state index contributed by atoms with van der Waals surface area (Å²) in [6, 6.07) is 3.37. The predicted octanol–water partition coefficient (Wildman–Crippen LogP) is 5.03. The first-order valence-electron chi connectivity index (χ1n) is 8.62. The summed E-state index contributed by atoms with van der Waals surface area (Å²) in [6.07, 6.45) is 4.44. The second-order valence-electron chi connectivity index (χ2n) is 7.71. The normalized spacial score (nSPS) is 18.4. The number of amides is 1. The summed E-state index contributed by atoms with van der Waals surface area (Å²) in [4.78, 5) is 17.3. The summed E-state index contributed by atoms with van der Waals surface area (Å²) in [7, 11) is 0. The molecule has 1 aliphatic rings. The molecule has 1 aromatic carbocycles. The zero-order valence-electron chi connectivity index (χ0n) is 15.4. The van der Waals surface area contributed by atoms with Crippen molar-refractivity contribution in [1.29, 1.82) is 0 Å². The van der Waals surface area contributed by atoms with Crippen molar-refractivity contribution >= 4 is 22.6 Å². The van der Waals surface area contributed by atoms with Gasteiger partial charge in [0, 0.05) is 35.3 Å². The van der Waals surface area contributed by atoms with Gasteiger partial charge in [-0.2, -0.15) is 0 Å². The molecule has 5 heteroatoms. The Morgan fingerprint density at radius 3 is 2.72 bits per heavy atom. The molecule has 1 amide bonds. The summed E-state index contributed by atoms with van der Waals surface area (Å²) in [5.74, 6) is -0.206. The van der Waals surface area contributed by atoms with Gasteiger partial charge in [0.2, 0.25) is 0 Å². The lowest BCUT2D eigenvalue weighted by Crippen LogP contribution is -2.44. The van der Waals surface area contributed by atoms with E-state index in [1.54, 1.807) is 11.8 Å². The van der Waals surface area contributed by atoms with Crippen LogP contribution in [0.3, 0.4) is 0 Å². The number of aromatic nitrogens is 1. The molecule has 1 atom stereocenters. The fourth-order valence-corrected chi connectivity index (χ4v) is 3.28. The number of rotatable bonds is 1. The molecule has 1 aliphatic heterocycles. The van der Waals surface area contributed by atoms with Crippen molar-refractivity contribution in [3.63, 3.8) is 0 Å². The second-order valence-corrected chi connectivity index (χ2v) is 7.71. The highest BCUT2D eigenvalue weighted by Gasteiger charge is 2.29. The lowest BCUT2D eigenvalue weighted by Gasteiger charge is -2.34. The summed E-state index contributed by atoms with van der Waals surface area (Å²) in [6.45, 7) is 9.92. The molecule has 1 unspecified atom stereocenters. The van der Waals surface area contributed by atoms with Gasteiger partial charge in [0.05, 0.1) is 5.52 Å². The van der Waals surface area contributed by atoms with Gasteiger partial charge in [-0.1, -0.05) is 6.08 Å². The Morgan fingerprint density at radius 2 is 2.08 bits per heavy atom. The van der Waals surface area contributed by atoms with Crippen LogP contribution in [0, 0.1) is 12.7 Å². The van der Waals surface area contributed by atoms with Crippen molar-refractivity contribution in [2.24, 2.45) is 0 Å². The van der Waals surface area contributed by atoms with E-state index in [1.165, 1.54) is 11.6 Å². The van der Waals surface area contributed by atoms with Crippen LogP contribution in [0.1, 0.15) is 45.2 Å². The first-order valence-corrected chi connectivity index (χ1v) is 8.62. The maximum Gasteiger partial charge on any atom is 0.410 e. The summed E-state index contributed by atoms with van der Waals surface area (Å²) in [5.41, 5.74) is 3.21. The molecule has 2 aromatic rings. The maximum atomic E-state index is 13.7. The molecular formula is C20H25FN2O2. The number of benzene rings is 1. The Labute approximate surface area is 147 Å². The van der Waals surface area contributed by atoms with Gasteiger partial charge in [-0.25, -0.2) is 9.18 Å². The smallest absolute Gasteiger partial charge is 0.410 e. The third-order valence-electron chi connectivity index (χ3n) is 4.61. The molecule has 134 valence electrons. The highest BCUT2D eigenvalue weighted by atomic mass is 19.1. The van der Waals surface area contributed by atoms with Crippen LogP contribution >= 0.6 is 0 Å². The highest BCUT2D eigenvalue weighted by molar-refractivity contribution is 5.94. The number of carbonyl (C=O) groups excluding carboxylic acids is 1. The van der Waals surface area contributed by atoms with Crippen molar-refractivity contribution < 1.29 is 13.9 Å². The van der Waals surface area contributed by atoms with Gasteiger partial charge in [0.15, 0.2) is 0 Å². The average molecular weight is 344 g/mol. The number of nitrogens with zero attached hydrogens (tertiary/aromatic N) is 1. The van der Waals surface area contributed by atoms with E-state index in [9.17, 15) is 9.18 Å². The lowest BCUT2D eigenvalue weighted by atomic mass is 9.94. The Morgan fingerprint density at radius 1 is 1.36 bits per heavy atom. The first-order chi connectivity index (χ1) is 11.7. The van der Waals surface area contributed by atoms with E-state index in [1.807, 2.05) is 40.0 Å². The minimum atomic E-state index is -0.501. The maximum absolute atomic E-state index is 13.7. The number of fused-ring (bicyclic) bond motifs is 1. The molecule has 25 heavy (non-hydrogen) atoms. The van der Waals surface area contributed by atoms with E-state index < -0.39 is 5.60 Å². The van der Waals surface area contributed by atoms with Crippen molar-refractivity contribution in [3.05, 3.63) is 41.3 Å². The minimum absolute atomic E-state index is 0.0429. The largest absolute Gasteiger partial charge is 0.444 e. The minimum Gasteiger partial charge on any atom is -0.444 e. The van der Waals surface area contributed by atoms with Crippen LogP contribution in [-0.2, 0) is 4.74 Å². The molecule has 1 aromatic heterocycles. The summed E-state index contributed by atoms with van der Waals surface area (Å²) >= 11 is 0. The monoisotopic (exact) mass is 344 g/mol. The summed E-state index contributed by atoms with van der Waals surface area (Å²) < 4.78 is 19.2. The molecule has 0 saturated heterocycles. The molecule has 0 fully saturated rings. The standard InChI is InChI=1S/C20H25FN2O2/c1-12-10-14(8-9-23(12)19(24)25-20(3,4)5)16-11-22-18-13(2)17(21)7-6-15(16)18/h6-8,11-12,22H,9-10H2,1-5H3. The molecule has 0 spiro atoms. The number of nitrogens with one attached hydrogen (secondary N) is 1. The molecule has 0 aliphatic carbocycles. The number of hydrogen-bond acceptors (Lipinski definition) is 2. The third kappa shape index (κ3) is 3.41. The van der Waals surface area contributed by atoms with Gasteiger partial charge >= 0.3 is 6.09 Å². The lowest BCUT2D eigenvalue weighted by molar-refractivity contribution is 0.0199. The molecule has 2 heterocycles. The Hall–Kier alpha value is -2.30. The van der Waals surface area contributed by atoms with E-state index >= 15 is 0 Å². The van der Waals surface area contributed by atoms with Gasteiger partial charge < -0.3 is 14.6 Å². The third-order valence-corrected chi connectivity index (χ3v) is 4.61. The number of aryl methyl sites for hydroxylation is 1. The number of aromatic amines is 1. The molecule has 0 bridgehead atoms. The van der Waals surface area contributed by atoms with Gasteiger partial charge in [-0.05, 0) is 58.7 Å². The van der Waals surface area contributed by atoms with Gasteiger partial charge in [0.1, 0.15) is 11.4 Å². The van der Waals surface area contributed by atoms with E-state index in [0.29, 0.717) is 12.1 Å². The van der Waals surface area contributed by atoms with E-state index in [0.717, 1.165) is 22.9 Å². The second kappa shape index (κ2) is 6.21. The van der Waals surface area contributed by atoms with Crippen molar-refractivity contribution in [2.45, 2.75) is 52.7 Å². The fourth-order valence-electron chi connectivity index (χ4n) is 3.28. The van der Waals surface area contributed by atoms with Crippen LogP contribution in [0.5, 0.6) is 0 Å². The van der Waals surface area contributed by atoms with Crippen LogP contribution in [0.2, 0.25) is 0 Å².